The first kappa shape index (κ1) is 28.6. The highest BCUT2D eigenvalue weighted by Gasteiger charge is 2.41. The van der Waals surface area contributed by atoms with Crippen LogP contribution in [0.2, 0.25) is 0 Å². The summed E-state index contributed by atoms with van der Waals surface area (Å²) in [7, 11) is -1.84. The van der Waals surface area contributed by atoms with Crippen molar-refractivity contribution in [2.24, 2.45) is 0 Å². The van der Waals surface area contributed by atoms with Gasteiger partial charge in [-0.25, -0.2) is 18.8 Å². The largest absolute Gasteiger partial charge is 0.497 e. The van der Waals surface area contributed by atoms with Crippen LogP contribution in [0.15, 0.2) is 53.7 Å². The van der Waals surface area contributed by atoms with Crippen LogP contribution in [0, 0.1) is 6.92 Å². The lowest BCUT2D eigenvalue weighted by molar-refractivity contribution is -0.142. The number of aryl methyl sites for hydroxylation is 2. The number of hydrogen-bond acceptors (Lipinski definition) is 10. The van der Waals surface area contributed by atoms with Gasteiger partial charge in [-0.15, -0.1) is 0 Å². The number of thiol groups is 1. The predicted molar refractivity (Wildman–Crippen MR) is 141 cm³/mol. The van der Waals surface area contributed by atoms with Gasteiger partial charge in [0.05, 0.1) is 7.11 Å². The highest BCUT2D eigenvalue weighted by Crippen LogP contribution is 2.33. The van der Waals surface area contributed by atoms with E-state index in [9.17, 15) is 31.2 Å². The number of ether oxygens (including phenoxy) is 1. The van der Waals surface area contributed by atoms with Gasteiger partial charge in [-0.05, 0) is 43.7 Å². The molecule has 16 heteroatoms. The number of pyridine rings is 1. The standard InChI is InChI=1S/C24H24F3N7O5S/c1-4-33-12-14(9-17(22(33)36)21(35)32-40(37)38)18-11-28-23(29-15-7-13(2)8-16(10-15)39-3)30-20(18)34-6-5-19(31-34)24(25,26)27/h5-12,19,31,40H,4H2,1-3H3,(H,28,29,30)(H,32,35,37,38). The molecule has 1 atom stereocenters. The van der Waals surface area contributed by atoms with Crippen molar-refractivity contribution in [2.75, 3.05) is 17.4 Å². The van der Waals surface area contributed by atoms with E-state index in [2.05, 4.69) is 20.7 Å². The number of halogens is 3. The zero-order chi connectivity index (χ0) is 29.2. The lowest BCUT2D eigenvalue weighted by Crippen LogP contribution is -2.44. The molecule has 0 bridgehead atoms. The van der Waals surface area contributed by atoms with Crippen molar-refractivity contribution in [1.82, 2.24) is 24.7 Å². The van der Waals surface area contributed by atoms with Gasteiger partial charge >= 0.3 is 6.18 Å². The Balaban J connectivity index is 1.84. The van der Waals surface area contributed by atoms with Crippen molar-refractivity contribution >= 4 is 34.3 Å². The second-order valence-electron chi connectivity index (χ2n) is 8.59. The van der Waals surface area contributed by atoms with Crippen molar-refractivity contribution in [3.05, 3.63) is 70.4 Å². The zero-order valence-corrected chi connectivity index (χ0v) is 22.2. The summed E-state index contributed by atoms with van der Waals surface area (Å²) in [4.78, 5) is 33.9. The fourth-order valence-electron chi connectivity index (χ4n) is 3.93. The molecule has 12 nitrogen and oxygen atoms in total. The summed E-state index contributed by atoms with van der Waals surface area (Å²) in [5.41, 5.74) is 2.81. The van der Waals surface area contributed by atoms with E-state index in [4.69, 9.17) is 4.74 Å². The summed E-state index contributed by atoms with van der Waals surface area (Å²) in [6, 6.07) is 4.41. The smallest absolute Gasteiger partial charge is 0.409 e. The lowest BCUT2D eigenvalue weighted by Gasteiger charge is -2.23. The second kappa shape index (κ2) is 11.4. The van der Waals surface area contributed by atoms with E-state index in [0.29, 0.717) is 11.4 Å². The maximum Gasteiger partial charge on any atom is 0.409 e. The molecular formula is C24H24F3N7O5S. The van der Waals surface area contributed by atoms with E-state index in [1.807, 2.05) is 6.92 Å². The molecule has 0 saturated heterocycles. The number of aromatic nitrogens is 3. The fraction of sp³-hybridized carbons (Fsp3) is 0.250. The highest BCUT2D eigenvalue weighted by molar-refractivity contribution is 7.71. The van der Waals surface area contributed by atoms with Gasteiger partial charge in [0.1, 0.15) is 17.4 Å². The molecule has 0 saturated carbocycles. The van der Waals surface area contributed by atoms with Crippen molar-refractivity contribution < 1.29 is 31.1 Å². The van der Waals surface area contributed by atoms with E-state index in [0.717, 1.165) is 33.5 Å². The Labute approximate surface area is 227 Å². The summed E-state index contributed by atoms with van der Waals surface area (Å²) < 4.78 is 70.4. The van der Waals surface area contributed by atoms with Crippen molar-refractivity contribution in [3.8, 4) is 16.9 Å². The summed E-state index contributed by atoms with van der Waals surface area (Å²) >= 11 is 0. The molecule has 1 unspecified atom stereocenters. The first-order valence-corrected chi connectivity index (χ1v) is 12.9. The van der Waals surface area contributed by atoms with E-state index < -0.39 is 40.1 Å². The van der Waals surface area contributed by atoms with Gasteiger partial charge in [-0.2, -0.15) is 18.2 Å². The molecule has 2 aromatic heterocycles. The van der Waals surface area contributed by atoms with Crippen LogP contribution in [-0.2, 0) is 17.4 Å². The molecule has 1 aromatic carbocycles. The number of hydrazine groups is 1. The maximum atomic E-state index is 13.4. The molecule has 1 aliphatic heterocycles. The average Bonchev–Trinajstić information content (AvgIpc) is 3.39. The first-order valence-electron chi connectivity index (χ1n) is 11.7. The molecule has 3 aromatic rings. The van der Waals surface area contributed by atoms with Crippen LogP contribution in [0.3, 0.4) is 0 Å². The van der Waals surface area contributed by atoms with Crippen LogP contribution in [0.1, 0.15) is 22.8 Å². The van der Waals surface area contributed by atoms with Crippen molar-refractivity contribution in [3.63, 3.8) is 0 Å². The minimum Gasteiger partial charge on any atom is -0.497 e. The molecule has 4 rings (SSSR count). The van der Waals surface area contributed by atoms with Gasteiger partial charge in [-0.3, -0.25) is 19.3 Å². The Morgan fingerprint density at radius 3 is 2.60 bits per heavy atom. The Kier molecular flexibility index (Phi) is 8.11. The zero-order valence-electron chi connectivity index (χ0n) is 21.3. The van der Waals surface area contributed by atoms with Gasteiger partial charge in [-0.1, -0.05) is 0 Å². The normalized spacial score (nSPS) is 15.0. The third kappa shape index (κ3) is 6.23. The van der Waals surface area contributed by atoms with Crippen LogP contribution in [-0.4, -0.2) is 48.2 Å². The van der Waals surface area contributed by atoms with Gasteiger partial charge < -0.3 is 14.6 Å². The quantitative estimate of drug-likeness (QED) is 0.293. The van der Waals surface area contributed by atoms with E-state index >= 15 is 0 Å². The number of benzene rings is 1. The number of amides is 1. The van der Waals surface area contributed by atoms with E-state index in [1.165, 1.54) is 19.5 Å². The number of rotatable bonds is 8. The predicted octanol–water partition coefficient (Wildman–Crippen LogP) is 2.41. The number of nitrogens with zero attached hydrogens (tertiary/aromatic N) is 4. The number of carbonyl (C=O) groups is 1. The van der Waals surface area contributed by atoms with Crippen molar-refractivity contribution in [2.45, 2.75) is 32.6 Å². The molecule has 0 spiro atoms. The minimum atomic E-state index is -4.59. The summed E-state index contributed by atoms with van der Waals surface area (Å²) in [5, 5.41) is 4.05. The number of hydrogen-bond donors (Lipinski definition) is 4. The van der Waals surface area contributed by atoms with Crippen LogP contribution in [0.25, 0.3) is 11.1 Å². The Morgan fingerprint density at radius 1 is 1.23 bits per heavy atom. The maximum absolute atomic E-state index is 13.4. The van der Waals surface area contributed by atoms with Gasteiger partial charge in [0.15, 0.2) is 5.82 Å². The Bertz CT molecular complexity index is 1610. The first-order chi connectivity index (χ1) is 18.9. The molecule has 0 radical (unpaired) electrons. The minimum absolute atomic E-state index is 0.0298. The van der Waals surface area contributed by atoms with Crippen LogP contribution in [0.5, 0.6) is 5.75 Å². The third-order valence-corrected chi connectivity index (χ3v) is 6.16. The summed E-state index contributed by atoms with van der Waals surface area (Å²) in [5.74, 6) is -0.607. The Morgan fingerprint density at radius 2 is 1.98 bits per heavy atom. The number of carbonyl (C=O) groups excluding carboxylic acids is 1. The number of nitrogens with one attached hydrogen (secondary N) is 3. The molecule has 0 fully saturated rings. The number of alkyl halides is 3. The fourth-order valence-corrected chi connectivity index (χ4v) is 4.22. The van der Waals surface area contributed by atoms with E-state index in [-0.39, 0.29) is 29.4 Å². The Hall–Kier alpha value is -4.44. The molecule has 1 aliphatic rings. The monoisotopic (exact) mass is 579 g/mol. The van der Waals surface area contributed by atoms with Gasteiger partial charge in [0.25, 0.3) is 11.5 Å². The van der Waals surface area contributed by atoms with Crippen LogP contribution < -0.4 is 30.8 Å². The lowest BCUT2D eigenvalue weighted by atomic mass is 10.1. The van der Waals surface area contributed by atoms with E-state index in [1.54, 1.807) is 29.8 Å². The average molecular weight is 580 g/mol. The molecule has 3 N–H and O–H groups in total. The van der Waals surface area contributed by atoms with Crippen LogP contribution in [0.4, 0.5) is 30.6 Å². The van der Waals surface area contributed by atoms with Crippen molar-refractivity contribution in [1.29, 1.82) is 0 Å². The number of methoxy groups -OCH3 is 1. The molecule has 212 valence electrons. The topological polar surface area (TPSA) is 148 Å². The molecule has 1 amide bonds. The molecule has 0 aliphatic carbocycles. The molecular weight excluding hydrogens is 555 g/mol. The second-order valence-corrected chi connectivity index (χ2v) is 9.32. The van der Waals surface area contributed by atoms with Gasteiger partial charge in [0.2, 0.25) is 16.8 Å². The molecule has 3 heterocycles. The summed E-state index contributed by atoms with van der Waals surface area (Å²) in [6.45, 7) is 3.58. The number of anilines is 3. The van der Waals surface area contributed by atoms with Crippen LogP contribution >= 0.6 is 0 Å². The SMILES string of the molecule is CCn1cc(-c2cnc(Nc3cc(C)cc(OC)c3)nc2N2C=CC(C(F)(F)F)N2)cc(C(=O)N[SH](=O)=O)c1=O. The van der Waals surface area contributed by atoms with Gasteiger partial charge in [0, 0.05) is 48.0 Å². The third-order valence-electron chi connectivity index (χ3n) is 5.77. The summed E-state index contributed by atoms with van der Waals surface area (Å²) in [6.07, 6.45) is 0.144. The highest BCUT2D eigenvalue weighted by atomic mass is 32.2. The molecule has 40 heavy (non-hydrogen) atoms.